The predicted octanol–water partition coefficient (Wildman–Crippen LogP) is 4.41. The second-order valence-corrected chi connectivity index (χ2v) is 11.0. The van der Waals surface area contributed by atoms with Crippen LogP contribution in [0.4, 0.5) is 23.2 Å². The van der Waals surface area contributed by atoms with Gasteiger partial charge >= 0.3 is 6.55 Å². The second-order valence-electron chi connectivity index (χ2n) is 11.0. The molecule has 1 aliphatic carbocycles. The van der Waals surface area contributed by atoms with Crippen molar-refractivity contribution in [3.8, 4) is 11.5 Å². The van der Waals surface area contributed by atoms with Gasteiger partial charge in [0, 0.05) is 50.0 Å². The molecule has 0 unspecified atom stereocenters. The lowest BCUT2D eigenvalue weighted by molar-refractivity contribution is -0.119. The van der Waals surface area contributed by atoms with E-state index in [0.717, 1.165) is 5.56 Å². The third kappa shape index (κ3) is 5.78. The van der Waals surface area contributed by atoms with Crippen LogP contribution in [0.3, 0.4) is 0 Å². The molecule has 1 saturated carbocycles. The number of carbonyl (C=O) groups excluding carboxylic acids is 2. The van der Waals surface area contributed by atoms with Crippen molar-refractivity contribution < 1.29 is 31.6 Å². The lowest BCUT2D eigenvalue weighted by atomic mass is 10.0. The fraction of sp³-hybridized carbons (Fsp3) is 0.300. The molecule has 2 aromatic carbocycles. The Morgan fingerprint density at radius 3 is 2.46 bits per heavy atom. The Balaban J connectivity index is 1.04. The fourth-order valence-corrected chi connectivity index (χ4v) is 5.47. The van der Waals surface area contributed by atoms with Gasteiger partial charge in [-0.3, -0.25) is 19.5 Å². The van der Waals surface area contributed by atoms with Crippen LogP contribution in [0.1, 0.15) is 40.9 Å². The largest absolute Gasteiger partial charge is 0.436 e. The van der Waals surface area contributed by atoms with Gasteiger partial charge in [-0.15, -0.1) is 10.2 Å². The number of rotatable bonds is 8. The lowest BCUT2D eigenvalue weighted by Crippen LogP contribution is -2.50. The Hall–Kier alpha value is -5.25. The summed E-state index contributed by atoms with van der Waals surface area (Å²) in [6.45, 7) is -1.42. The maximum Gasteiger partial charge on any atom is 0.350 e. The van der Waals surface area contributed by atoms with E-state index in [1.165, 1.54) is 18.3 Å². The molecule has 16 heteroatoms. The van der Waals surface area contributed by atoms with Gasteiger partial charge in [0.1, 0.15) is 17.1 Å². The maximum absolute atomic E-state index is 13.5. The monoisotopic (exact) mass is 635 g/mol. The van der Waals surface area contributed by atoms with Crippen molar-refractivity contribution in [2.45, 2.75) is 24.9 Å². The van der Waals surface area contributed by atoms with Gasteiger partial charge in [-0.2, -0.15) is 8.78 Å². The predicted molar refractivity (Wildman–Crippen MR) is 154 cm³/mol. The van der Waals surface area contributed by atoms with Crippen LogP contribution in [0.2, 0.25) is 0 Å². The molecule has 236 valence electrons. The highest BCUT2D eigenvalue weighted by Crippen LogP contribution is 2.49. The number of anilines is 1. The number of benzene rings is 2. The summed E-state index contributed by atoms with van der Waals surface area (Å²) < 4.78 is 58.7. The van der Waals surface area contributed by atoms with Gasteiger partial charge in [0.05, 0.1) is 6.04 Å². The molecular formula is C30H25F4N9O3. The van der Waals surface area contributed by atoms with E-state index in [0.29, 0.717) is 48.5 Å². The lowest BCUT2D eigenvalue weighted by Gasteiger charge is -2.38. The Morgan fingerprint density at radius 1 is 1.00 bits per heavy atom. The molecule has 5 aromatic rings. The number of fused-ring (bicyclic) bond motifs is 1. The number of piperazine rings is 1. The zero-order valence-electron chi connectivity index (χ0n) is 23.9. The molecule has 4 heterocycles. The molecule has 0 radical (unpaired) electrons. The Labute approximate surface area is 258 Å². The van der Waals surface area contributed by atoms with Crippen molar-refractivity contribution in [1.29, 1.82) is 0 Å². The van der Waals surface area contributed by atoms with Crippen LogP contribution < -0.4 is 5.32 Å². The van der Waals surface area contributed by atoms with E-state index in [4.69, 9.17) is 4.42 Å². The van der Waals surface area contributed by atoms with E-state index >= 15 is 0 Å². The number of halogens is 4. The minimum absolute atomic E-state index is 0.137. The van der Waals surface area contributed by atoms with Crippen LogP contribution in [0, 0.1) is 5.92 Å². The number of tetrazole rings is 1. The molecule has 46 heavy (non-hydrogen) atoms. The van der Waals surface area contributed by atoms with Crippen LogP contribution in [-0.2, 0) is 4.79 Å². The van der Waals surface area contributed by atoms with E-state index in [-0.39, 0.29) is 28.1 Å². The number of carbonyl (C=O) groups is 2. The maximum atomic E-state index is 13.5. The molecule has 2 amide bonds. The van der Waals surface area contributed by atoms with Crippen LogP contribution in [-0.4, -0.2) is 83.9 Å². The van der Waals surface area contributed by atoms with Crippen LogP contribution >= 0.6 is 0 Å². The molecule has 0 bridgehead atoms. The first kappa shape index (κ1) is 29.5. The Bertz CT molecular complexity index is 1910. The number of pyridine rings is 1. The van der Waals surface area contributed by atoms with E-state index in [1.54, 1.807) is 23.1 Å². The molecule has 2 fully saturated rings. The minimum Gasteiger partial charge on any atom is -0.436 e. The highest BCUT2D eigenvalue weighted by molar-refractivity contribution is 5.97. The van der Waals surface area contributed by atoms with Gasteiger partial charge in [0.25, 0.3) is 11.8 Å². The number of nitrogens with one attached hydrogen (secondary N) is 1. The van der Waals surface area contributed by atoms with E-state index in [2.05, 4.69) is 30.7 Å². The summed E-state index contributed by atoms with van der Waals surface area (Å²) in [5.74, 6) is -5.01. The molecular weight excluding hydrogens is 610 g/mol. The first-order valence-corrected chi connectivity index (χ1v) is 14.4. The van der Waals surface area contributed by atoms with Gasteiger partial charge in [0.15, 0.2) is 11.4 Å². The quantitative estimate of drug-likeness (QED) is 0.246. The van der Waals surface area contributed by atoms with Crippen molar-refractivity contribution in [2.24, 2.45) is 5.92 Å². The molecule has 1 saturated heterocycles. The smallest absolute Gasteiger partial charge is 0.350 e. The Morgan fingerprint density at radius 2 is 1.76 bits per heavy atom. The van der Waals surface area contributed by atoms with Crippen molar-refractivity contribution in [3.05, 3.63) is 83.9 Å². The summed E-state index contributed by atoms with van der Waals surface area (Å²) in [4.78, 5) is 38.2. The third-order valence-electron chi connectivity index (χ3n) is 7.97. The second kappa shape index (κ2) is 11.6. The average Bonchev–Trinajstić information content (AvgIpc) is 3.39. The van der Waals surface area contributed by atoms with Crippen molar-refractivity contribution >= 4 is 28.6 Å². The van der Waals surface area contributed by atoms with Gasteiger partial charge in [-0.05, 0) is 41.1 Å². The summed E-state index contributed by atoms with van der Waals surface area (Å²) in [5.41, 5.74) is 2.59. The number of aromatic nitrogens is 6. The van der Waals surface area contributed by atoms with Crippen molar-refractivity contribution in [3.63, 3.8) is 0 Å². The minimum atomic E-state index is -2.97. The molecule has 12 nitrogen and oxygen atoms in total. The van der Waals surface area contributed by atoms with E-state index in [9.17, 15) is 27.2 Å². The first-order valence-electron chi connectivity index (χ1n) is 14.4. The Kier molecular flexibility index (Phi) is 7.43. The van der Waals surface area contributed by atoms with Gasteiger partial charge in [-0.25, -0.2) is 13.8 Å². The topological polar surface area (TPSA) is 135 Å². The highest BCUT2D eigenvalue weighted by Gasteiger charge is 2.61. The standard InChI is InChI=1S/C30H25F4N9O3/c31-29(32)43-39-25(38-40-43)24(17-4-2-1-3-5-17)41-10-12-42(13-11-41)28(45)22-14-18(8-9-35-22)27-37-21-15-19(6-7-23(21)46-27)36-26(44)20-16-30(20,33)34/h1-9,14-15,20,24,29H,10-13,16H2,(H,36,44)/t20-,24-/m0/s1. The van der Waals surface area contributed by atoms with Gasteiger partial charge in [0.2, 0.25) is 11.8 Å². The molecule has 3 aromatic heterocycles. The van der Waals surface area contributed by atoms with Crippen LogP contribution in [0.5, 0.6) is 0 Å². The average molecular weight is 636 g/mol. The van der Waals surface area contributed by atoms with Crippen LogP contribution in [0.25, 0.3) is 22.6 Å². The molecule has 7 rings (SSSR count). The molecule has 1 N–H and O–H groups in total. The number of alkyl halides is 4. The SMILES string of the molecule is O=C(Nc1ccc2oc(-c3ccnc(C(=O)N4CCN([C@@H](c5ccccc5)c5nnn(C(F)F)n5)CC4)c3)nc2c1)[C@@H]1CC1(F)F. The van der Waals surface area contributed by atoms with Crippen molar-refractivity contribution in [1.82, 2.24) is 40.0 Å². The zero-order chi connectivity index (χ0) is 32.0. The van der Waals surface area contributed by atoms with Gasteiger partial charge < -0.3 is 14.6 Å². The molecule has 0 spiro atoms. The summed E-state index contributed by atoms with van der Waals surface area (Å²) in [5, 5.41) is 13.8. The summed E-state index contributed by atoms with van der Waals surface area (Å²) in [7, 11) is 0. The first-order chi connectivity index (χ1) is 22.2. The van der Waals surface area contributed by atoms with Crippen molar-refractivity contribution in [2.75, 3.05) is 31.5 Å². The van der Waals surface area contributed by atoms with Crippen LogP contribution in [0.15, 0.2) is 71.3 Å². The number of amides is 2. The fourth-order valence-electron chi connectivity index (χ4n) is 5.47. The summed E-state index contributed by atoms with van der Waals surface area (Å²) in [6, 6.07) is 16.6. The molecule has 2 atom stereocenters. The third-order valence-corrected chi connectivity index (χ3v) is 7.97. The molecule has 1 aliphatic heterocycles. The highest BCUT2D eigenvalue weighted by atomic mass is 19.3. The number of hydrogen-bond donors (Lipinski definition) is 1. The number of hydrogen-bond acceptors (Lipinski definition) is 9. The van der Waals surface area contributed by atoms with Gasteiger partial charge in [-0.1, -0.05) is 35.1 Å². The normalized spacial score (nSPS) is 18.5. The summed E-state index contributed by atoms with van der Waals surface area (Å²) >= 11 is 0. The molecule has 2 aliphatic rings. The van der Waals surface area contributed by atoms with E-state index in [1.807, 2.05) is 35.2 Å². The summed E-state index contributed by atoms with van der Waals surface area (Å²) in [6.07, 6.45) is 1.01. The van der Waals surface area contributed by atoms with E-state index < -0.39 is 36.8 Å². The zero-order valence-corrected chi connectivity index (χ0v) is 23.9. The number of nitrogens with zero attached hydrogens (tertiary/aromatic N) is 8. The number of oxazole rings is 1.